The lowest BCUT2D eigenvalue weighted by Gasteiger charge is -2.13. The number of fused-ring (bicyclic) bond motifs is 1. The van der Waals surface area contributed by atoms with Crippen LogP contribution in [0.1, 0.15) is 5.56 Å². The molecule has 0 bridgehead atoms. The van der Waals surface area contributed by atoms with E-state index in [9.17, 15) is 22.8 Å². The first kappa shape index (κ1) is 24.4. The number of esters is 1. The van der Waals surface area contributed by atoms with Crippen LogP contribution >= 0.6 is 11.8 Å². The minimum absolute atomic E-state index is 0.0542. The Morgan fingerprint density at radius 3 is 2.61 bits per heavy atom. The number of thioether (sulfide) groups is 1. The van der Waals surface area contributed by atoms with Gasteiger partial charge in [-0.3, -0.25) is 19.0 Å². The maximum atomic E-state index is 12.9. The van der Waals surface area contributed by atoms with Crippen molar-refractivity contribution in [2.75, 3.05) is 25.2 Å². The monoisotopic (exact) mass is 490 g/mol. The molecule has 0 aliphatic heterocycles. The number of hydrogen-bond acceptors (Lipinski definition) is 8. The highest BCUT2D eigenvalue weighted by atomic mass is 32.2. The number of methoxy groups -OCH3 is 1. The molecule has 12 heteroatoms. The lowest BCUT2D eigenvalue weighted by Crippen LogP contribution is -2.28. The quantitative estimate of drug-likeness (QED) is 0.276. The van der Waals surface area contributed by atoms with Crippen molar-refractivity contribution in [1.29, 1.82) is 0 Å². The molecule has 0 spiro atoms. The van der Waals surface area contributed by atoms with Crippen molar-refractivity contribution >= 4 is 50.3 Å². The highest BCUT2D eigenvalue weighted by molar-refractivity contribution is 7.99. The molecule has 0 unspecified atom stereocenters. The minimum atomic E-state index is -3.69. The van der Waals surface area contributed by atoms with E-state index in [2.05, 4.69) is 19.8 Å². The Balaban J connectivity index is 1.83. The van der Waals surface area contributed by atoms with Crippen molar-refractivity contribution in [3.05, 3.63) is 58.4 Å². The predicted octanol–water partition coefficient (Wildman–Crippen LogP) is 1.52. The molecule has 0 radical (unpaired) electrons. The molecule has 10 nitrogen and oxygen atoms in total. The maximum Gasteiger partial charge on any atom is 0.325 e. The number of carbonyl (C=O) groups excluding carboxylic acids is 2. The molecule has 1 amide bonds. The molecule has 33 heavy (non-hydrogen) atoms. The molecule has 2 N–H and O–H groups in total. The van der Waals surface area contributed by atoms with Crippen molar-refractivity contribution in [3.8, 4) is 0 Å². The number of carbonyl (C=O) groups is 2. The highest BCUT2D eigenvalue weighted by Crippen LogP contribution is 2.22. The van der Waals surface area contributed by atoms with Crippen molar-refractivity contribution in [3.63, 3.8) is 0 Å². The average Bonchev–Trinajstić information content (AvgIpc) is 2.80. The van der Waals surface area contributed by atoms with Crippen LogP contribution in [0.4, 0.5) is 5.69 Å². The SMILES string of the molecule is CNS(=O)(=O)c1cc(NC(=O)CSc2nc3ccccc3c(=O)n2CC(=O)OC)ccc1C. The maximum absolute atomic E-state index is 12.9. The van der Waals surface area contributed by atoms with Crippen LogP contribution in [-0.2, 0) is 30.9 Å². The number of aryl methyl sites for hydroxylation is 1. The first-order valence-electron chi connectivity index (χ1n) is 9.69. The minimum Gasteiger partial charge on any atom is -0.468 e. The third-order valence-corrected chi connectivity index (χ3v) is 7.24. The zero-order valence-corrected chi connectivity index (χ0v) is 19.7. The number of para-hydroxylation sites is 1. The molecule has 174 valence electrons. The number of aromatic nitrogens is 2. The van der Waals surface area contributed by atoms with E-state index >= 15 is 0 Å². The van der Waals surface area contributed by atoms with E-state index in [-0.39, 0.29) is 22.3 Å². The van der Waals surface area contributed by atoms with Crippen molar-refractivity contribution < 1.29 is 22.7 Å². The molecule has 0 atom stereocenters. The number of sulfonamides is 1. The molecule has 0 saturated heterocycles. The number of amides is 1. The van der Waals surface area contributed by atoms with Crippen molar-refractivity contribution in [2.45, 2.75) is 23.5 Å². The molecule has 0 aliphatic rings. The number of nitrogens with zero attached hydrogens (tertiary/aromatic N) is 2. The molecule has 1 aromatic heterocycles. The van der Waals surface area contributed by atoms with Gasteiger partial charge in [0.1, 0.15) is 6.54 Å². The summed E-state index contributed by atoms with van der Waals surface area (Å²) in [6, 6.07) is 11.2. The fourth-order valence-corrected chi connectivity index (χ4v) is 4.79. The second kappa shape index (κ2) is 10.1. The summed E-state index contributed by atoms with van der Waals surface area (Å²) in [5.41, 5.74) is 0.851. The van der Waals surface area contributed by atoms with Crippen molar-refractivity contribution in [1.82, 2.24) is 14.3 Å². The standard InChI is InChI=1S/C21H22N4O6S2/c1-13-8-9-14(10-17(13)33(29,30)22-2)23-18(26)12-32-21-24-16-7-5-4-6-15(16)20(28)25(21)11-19(27)31-3/h4-10,22H,11-12H2,1-3H3,(H,23,26). The number of rotatable bonds is 8. The Morgan fingerprint density at radius 2 is 1.91 bits per heavy atom. The molecule has 0 aliphatic carbocycles. The summed E-state index contributed by atoms with van der Waals surface area (Å²) < 4.78 is 32.4. The van der Waals surface area contributed by atoms with Gasteiger partial charge < -0.3 is 10.1 Å². The van der Waals surface area contributed by atoms with Crippen LogP contribution in [0.15, 0.2) is 57.3 Å². The summed E-state index contributed by atoms with van der Waals surface area (Å²) in [5.74, 6) is -1.20. The lowest BCUT2D eigenvalue weighted by atomic mass is 10.2. The van der Waals surface area contributed by atoms with E-state index < -0.39 is 27.5 Å². The van der Waals surface area contributed by atoms with Gasteiger partial charge in [0.25, 0.3) is 5.56 Å². The number of anilines is 1. The van der Waals surface area contributed by atoms with Gasteiger partial charge in [-0.05, 0) is 43.8 Å². The van der Waals surface area contributed by atoms with Crippen LogP contribution in [0.2, 0.25) is 0 Å². The van der Waals surface area contributed by atoms with Crippen LogP contribution < -0.4 is 15.6 Å². The molecule has 0 saturated carbocycles. The molecule has 1 heterocycles. The molecule has 0 fully saturated rings. The van der Waals surface area contributed by atoms with E-state index in [0.717, 1.165) is 16.3 Å². The predicted molar refractivity (Wildman–Crippen MR) is 125 cm³/mol. The molecular weight excluding hydrogens is 468 g/mol. The van der Waals surface area contributed by atoms with Crippen LogP contribution in [0.25, 0.3) is 10.9 Å². The van der Waals surface area contributed by atoms with E-state index in [4.69, 9.17) is 0 Å². The van der Waals surface area contributed by atoms with Gasteiger partial charge in [-0.1, -0.05) is 30.0 Å². The normalized spacial score (nSPS) is 11.4. The Hall–Kier alpha value is -3.22. The Kier molecular flexibility index (Phi) is 7.51. The summed E-state index contributed by atoms with van der Waals surface area (Å²) in [5, 5.41) is 3.16. The van der Waals surface area contributed by atoms with Crippen molar-refractivity contribution in [2.24, 2.45) is 0 Å². The lowest BCUT2D eigenvalue weighted by molar-refractivity contribution is -0.141. The molecular formula is C21H22N4O6S2. The summed E-state index contributed by atoms with van der Waals surface area (Å²) >= 11 is 0.975. The van der Waals surface area contributed by atoms with Gasteiger partial charge in [-0.25, -0.2) is 18.1 Å². The number of benzene rings is 2. The fraction of sp³-hybridized carbons (Fsp3) is 0.238. The Morgan fingerprint density at radius 1 is 1.18 bits per heavy atom. The molecule has 2 aromatic carbocycles. The van der Waals surface area contributed by atoms with E-state index in [1.54, 1.807) is 43.3 Å². The average molecular weight is 491 g/mol. The summed E-state index contributed by atoms with van der Waals surface area (Å²) in [6.07, 6.45) is 0. The summed E-state index contributed by atoms with van der Waals surface area (Å²) in [4.78, 5) is 41.7. The largest absolute Gasteiger partial charge is 0.468 e. The van der Waals surface area contributed by atoms with Gasteiger partial charge in [0.2, 0.25) is 15.9 Å². The van der Waals surface area contributed by atoms with Gasteiger partial charge in [-0.15, -0.1) is 0 Å². The number of nitrogens with one attached hydrogen (secondary N) is 2. The molecule has 3 aromatic rings. The third kappa shape index (κ3) is 5.59. The van der Waals surface area contributed by atoms with Gasteiger partial charge in [0.15, 0.2) is 5.16 Å². The second-order valence-corrected chi connectivity index (χ2v) is 9.70. The van der Waals surface area contributed by atoms with Crippen LogP contribution in [0.5, 0.6) is 0 Å². The Labute approximate surface area is 194 Å². The Bertz CT molecular complexity index is 1390. The smallest absolute Gasteiger partial charge is 0.325 e. The highest BCUT2D eigenvalue weighted by Gasteiger charge is 2.18. The number of hydrogen-bond donors (Lipinski definition) is 2. The summed E-state index contributed by atoms with van der Waals surface area (Å²) in [6.45, 7) is 1.30. The molecule has 3 rings (SSSR count). The van der Waals surface area contributed by atoms with Gasteiger partial charge in [-0.2, -0.15) is 0 Å². The van der Waals surface area contributed by atoms with Crippen LogP contribution in [0, 0.1) is 6.92 Å². The third-order valence-electron chi connectivity index (χ3n) is 4.70. The first-order chi connectivity index (χ1) is 15.7. The van der Waals surface area contributed by atoms with E-state index in [1.165, 1.54) is 20.2 Å². The fourth-order valence-electron chi connectivity index (χ4n) is 3.00. The van der Waals surface area contributed by atoms with Gasteiger partial charge in [0.05, 0.1) is 28.7 Å². The van der Waals surface area contributed by atoms with E-state index in [1.807, 2.05) is 0 Å². The second-order valence-electron chi connectivity index (χ2n) is 6.90. The van der Waals surface area contributed by atoms with Gasteiger partial charge in [0, 0.05) is 5.69 Å². The van der Waals surface area contributed by atoms with Crippen LogP contribution in [0.3, 0.4) is 0 Å². The van der Waals surface area contributed by atoms with Gasteiger partial charge >= 0.3 is 5.97 Å². The topological polar surface area (TPSA) is 136 Å². The summed E-state index contributed by atoms with van der Waals surface area (Å²) in [7, 11) is -1.16. The zero-order chi connectivity index (χ0) is 24.2. The first-order valence-corrected chi connectivity index (χ1v) is 12.2. The van der Waals surface area contributed by atoms with Crippen LogP contribution in [-0.4, -0.2) is 49.8 Å². The van der Waals surface area contributed by atoms with E-state index in [0.29, 0.717) is 22.2 Å². The zero-order valence-electron chi connectivity index (χ0n) is 18.1. The number of ether oxygens (including phenoxy) is 1.